The summed E-state index contributed by atoms with van der Waals surface area (Å²) in [6.07, 6.45) is 4.14. The Balaban J connectivity index is 1.53. The van der Waals surface area contributed by atoms with E-state index in [1.165, 1.54) is 26.4 Å². The van der Waals surface area contributed by atoms with E-state index in [2.05, 4.69) is 47.1 Å². The first kappa shape index (κ1) is 27.6. The number of fused-ring (bicyclic) bond motifs is 2. The molecular formula is C27H39IN2O6. The molecule has 0 unspecified atom stereocenters. The third-order valence-electron chi connectivity index (χ3n) is 8.61. The van der Waals surface area contributed by atoms with Crippen molar-refractivity contribution < 1.29 is 29.6 Å². The van der Waals surface area contributed by atoms with Crippen LogP contribution in [0.3, 0.4) is 0 Å². The zero-order valence-electron chi connectivity index (χ0n) is 21.3. The number of rotatable bonds is 10. The van der Waals surface area contributed by atoms with E-state index in [1.54, 1.807) is 18.2 Å². The minimum atomic E-state index is -0.872. The first-order chi connectivity index (χ1) is 17.2. The van der Waals surface area contributed by atoms with Gasteiger partial charge in [-0.1, -0.05) is 13.8 Å². The van der Waals surface area contributed by atoms with Crippen molar-refractivity contribution in [1.82, 2.24) is 10.6 Å². The van der Waals surface area contributed by atoms with Gasteiger partial charge >= 0.3 is 0 Å². The van der Waals surface area contributed by atoms with Gasteiger partial charge in [-0.3, -0.25) is 4.79 Å². The summed E-state index contributed by atoms with van der Waals surface area (Å²) in [5.41, 5.74) is 1.59. The van der Waals surface area contributed by atoms with Crippen LogP contribution in [-0.4, -0.2) is 66.3 Å². The fourth-order valence-electron chi connectivity index (χ4n) is 6.32. The number of aliphatic hydroxyl groups excluding tert-OH is 3. The van der Waals surface area contributed by atoms with E-state index in [1.807, 2.05) is 0 Å². The monoisotopic (exact) mass is 614 g/mol. The van der Waals surface area contributed by atoms with Crippen molar-refractivity contribution in [3.8, 4) is 11.5 Å². The lowest BCUT2D eigenvalue weighted by atomic mass is 9.45. The van der Waals surface area contributed by atoms with E-state index < -0.39 is 12.2 Å². The minimum Gasteiger partial charge on any atom is -0.493 e. The second-order valence-electron chi connectivity index (χ2n) is 10.9. The molecule has 8 nitrogen and oxygen atoms in total. The molecule has 0 spiro atoms. The van der Waals surface area contributed by atoms with Crippen LogP contribution in [0.1, 0.15) is 45.1 Å². The summed E-state index contributed by atoms with van der Waals surface area (Å²) in [6, 6.07) is 3.16. The van der Waals surface area contributed by atoms with Gasteiger partial charge in [0.15, 0.2) is 11.5 Å². The normalized spacial score (nSPS) is 30.7. The summed E-state index contributed by atoms with van der Waals surface area (Å²) in [6.45, 7) is 5.44. The molecule has 4 aliphatic carbocycles. The topological polar surface area (TPSA) is 120 Å². The Kier molecular flexibility index (Phi) is 8.87. The molecule has 1 amide bonds. The number of halogens is 1. The Morgan fingerprint density at radius 3 is 2.67 bits per heavy atom. The Bertz CT molecular complexity index is 981. The molecule has 0 radical (unpaired) electrons. The highest BCUT2D eigenvalue weighted by Crippen LogP contribution is 2.61. The lowest BCUT2D eigenvalue weighted by Gasteiger charge is -2.60. The molecule has 2 bridgehead atoms. The SMILES string of the molecule is COc1cc(CO)cc(I)c1O[C@H]1C=C(C(=O)NCCO)C[C@@H](NC[C@@H]2CC[C@H]3C[C@@H]2C3(C)C)[C@@H]1O. The van der Waals surface area contributed by atoms with Crippen molar-refractivity contribution >= 4 is 28.5 Å². The molecule has 5 N–H and O–H groups in total. The maximum absolute atomic E-state index is 12.8. The van der Waals surface area contributed by atoms with Crippen LogP contribution in [0.4, 0.5) is 0 Å². The number of hydrogen-bond acceptors (Lipinski definition) is 7. The molecule has 0 aliphatic heterocycles. The van der Waals surface area contributed by atoms with E-state index >= 15 is 0 Å². The fourth-order valence-corrected chi connectivity index (χ4v) is 7.12. The van der Waals surface area contributed by atoms with Crippen LogP contribution in [-0.2, 0) is 11.4 Å². The van der Waals surface area contributed by atoms with Crippen LogP contribution in [0.2, 0.25) is 0 Å². The molecule has 1 aromatic rings. The maximum Gasteiger partial charge on any atom is 0.247 e. The van der Waals surface area contributed by atoms with E-state index in [0.717, 1.165) is 16.0 Å². The van der Waals surface area contributed by atoms with Gasteiger partial charge in [-0.05, 0) is 102 Å². The number of benzene rings is 1. The quantitative estimate of drug-likeness (QED) is 0.257. The first-order valence-electron chi connectivity index (χ1n) is 12.8. The van der Waals surface area contributed by atoms with Gasteiger partial charge in [-0.15, -0.1) is 0 Å². The summed E-state index contributed by atoms with van der Waals surface area (Å²) in [4.78, 5) is 12.8. The number of aliphatic hydroxyl groups is 3. The highest BCUT2D eigenvalue weighted by Gasteiger charge is 2.54. The lowest BCUT2D eigenvalue weighted by Crippen LogP contribution is -2.57. The molecule has 0 saturated heterocycles. The van der Waals surface area contributed by atoms with E-state index in [0.29, 0.717) is 46.3 Å². The van der Waals surface area contributed by atoms with Crippen LogP contribution < -0.4 is 20.1 Å². The summed E-state index contributed by atoms with van der Waals surface area (Å²) in [5, 5.41) is 36.3. The number of ether oxygens (including phenoxy) is 2. The molecule has 0 heterocycles. The third kappa shape index (κ3) is 5.55. The Hall–Kier alpha value is -1.40. The number of amides is 1. The zero-order valence-corrected chi connectivity index (χ0v) is 23.5. The molecule has 4 aliphatic rings. The highest BCUT2D eigenvalue weighted by atomic mass is 127. The smallest absolute Gasteiger partial charge is 0.247 e. The standard InChI is InChI=1S/C27H39IN2O6/c1-27(2)18-5-4-16(19(27)12-18)13-30-21-10-17(26(34)29-6-7-31)11-22(24(21)33)36-25-20(28)8-15(14-32)9-23(25)35-3/h8-9,11,16,18-19,21-22,24,30-33H,4-7,10,12-14H2,1-3H3,(H,29,34)/t16-,18-,19-,21+,22-,24-/m0/s1. The van der Waals surface area contributed by atoms with Crippen molar-refractivity contribution in [2.24, 2.45) is 23.2 Å². The molecule has 6 atom stereocenters. The average molecular weight is 615 g/mol. The Labute approximate surface area is 227 Å². The largest absolute Gasteiger partial charge is 0.493 e. The molecule has 3 saturated carbocycles. The molecule has 1 aromatic carbocycles. The van der Waals surface area contributed by atoms with Crippen molar-refractivity contribution in [2.75, 3.05) is 26.8 Å². The number of carbonyl (C=O) groups excluding carboxylic acids is 1. The number of carbonyl (C=O) groups is 1. The van der Waals surface area contributed by atoms with Crippen LogP contribution >= 0.6 is 22.6 Å². The van der Waals surface area contributed by atoms with E-state index in [4.69, 9.17) is 14.6 Å². The summed E-state index contributed by atoms with van der Waals surface area (Å²) in [7, 11) is 1.53. The Morgan fingerprint density at radius 2 is 2.03 bits per heavy atom. The van der Waals surface area contributed by atoms with Gasteiger partial charge in [0.25, 0.3) is 0 Å². The second kappa shape index (κ2) is 11.6. The molecule has 36 heavy (non-hydrogen) atoms. The van der Waals surface area contributed by atoms with Gasteiger partial charge in [0.1, 0.15) is 12.2 Å². The minimum absolute atomic E-state index is 0.126. The summed E-state index contributed by atoms with van der Waals surface area (Å²) in [5.74, 6) is 2.72. The predicted octanol–water partition coefficient (Wildman–Crippen LogP) is 2.37. The average Bonchev–Trinajstić information content (AvgIpc) is 2.88. The molecular weight excluding hydrogens is 575 g/mol. The first-order valence-corrected chi connectivity index (χ1v) is 13.9. The van der Waals surface area contributed by atoms with Crippen LogP contribution in [0.5, 0.6) is 11.5 Å². The molecule has 0 aromatic heterocycles. The van der Waals surface area contributed by atoms with Gasteiger partial charge in [0.05, 0.1) is 23.9 Å². The second-order valence-corrected chi connectivity index (χ2v) is 12.1. The molecule has 9 heteroatoms. The van der Waals surface area contributed by atoms with Gasteiger partial charge < -0.3 is 35.4 Å². The van der Waals surface area contributed by atoms with Crippen molar-refractivity contribution in [3.63, 3.8) is 0 Å². The van der Waals surface area contributed by atoms with Crippen LogP contribution in [0.15, 0.2) is 23.8 Å². The van der Waals surface area contributed by atoms with Gasteiger partial charge in [-0.2, -0.15) is 0 Å². The van der Waals surface area contributed by atoms with Crippen molar-refractivity contribution in [3.05, 3.63) is 32.9 Å². The Morgan fingerprint density at radius 1 is 1.25 bits per heavy atom. The number of nitrogens with one attached hydrogen (secondary N) is 2. The van der Waals surface area contributed by atoms with Crippen molar-refractivity contribution in [1.29, 1.82) is 0 Å². The van der Waals surface area contributed by atoms with Gasteiger partial charge in [0.2, 0.25) is 5.91 Å². The molecule has 3 fully saturated rings. The maximum atomic E-state index is 12.8. The lowest BCUT2D eigenvalue weighted by molar-refractivity contribution is -0.118. The third-order valence-corrected chi connectivity index (χ3v) is 9.41. The number of methoxy groups -OCH3 is 1. The molecule has 200 valence electrons. The predicted molar refractivity (Wildman–Crippen MR) is 145 cm³/mol. The summed E-state index contributed by atoms with van der Waals surface area (Å²) >= 11 is 2.12. The van der Waals surface area contributed by atoms with Gasteiger partial charge in [0, 0.05) is 18.2 Å². The summed E-state index contributed by atoms with van der Waals surface area (Å²) < 4.78 is 12.5. The van der Waals surface area contributed by atoms with Crippen LogP contribution in [0, 0.1) is 26.7 Å². The van der Waals surface area contributed by atoms with E-state index in [9.17, 15) is 15.0 Å². The number of hydrogen-bond donors (Lipinski definition) is 5. The zero-order chi connectivity index (χ0) is 26.0. The van der Waals surface area contributed by atoms with Crippen LogP contribution in [0.25, 0.3) is 0 Å². The molecule has 5 rings (SSSR count). The van der Waals surface area contributed by atoms with Gasteiger partial charge in [-0.25, -0.2) is 0 Å². The van der Waals surface area contributed by atoms with E-state index in [-0.39, 0.29) is 31.7 Å². The highest BCUT2D eigenvalue weighted by molar-refractivity contribution is 14.1. The van der Waals surface area contributed by atoms with Crippen molar-refractivity contribution in [2.45, 2.75) is 64.4 Å². The fraction of sp³-hybridized carbons (Fsp3) is 0.667.